The van der Waals surface area contributed by atoms with Gasteiger partial charge in [-0.15, -0.1) is 0 Å². The zero-order chi connectivity index (χ0) is 20.9. The molecule has 0 saturated carbocycles. The summed E-state index contributed by atoms with van der Waals surface area (Å²) in [5, 5.41) is 2.56. The zero-order valence-corrected chi connectivity index (χ0v) is 17.1. The Morgan fingerprint density at radius 2 is 1.79 bits per heavy atom. The topological polar surface area (TPSA) is 102 Å². The van der Waals surface area contributed by atoms with Crippen molar-refractivity contribution in [2.24, 2.45) is 0 Å². The number of hydrogen-bond donors (Lipinski definition) is 2. The molecule has 0 spiro atoms. The second-order valence-electron chi connectivity index (χ2n) is 6.36. The quantitative estimate of drug-likeness (QED) is 0.691. The Kier molecular flexibility index (Phi) is 6.80. The summed E-state index contributed by atoms with van der Waals surface area (Å²) in [7, 11) is -3.91. The monoisotopic (exact) mass is 404 g/mol. The van der Waals surface area contributed by atoms with Crippen LogP contribution in [0.1, 0.15) is 35.3 Å². The third kappa shape index (κ3) is 5.10. The highest BCUT2D eigenvalue weighted by Gasteiger charge is 2.23. The third-order valence-electron chi connectivity index (χ3n) is 4.03. The van der Waals surface area contributed by atoms with E-state index in [4.69, 9.17) is 4.74 Å². The molecule has 150 valence electrons. The number of carbonyl (C=O) groups is 2. The molecule has 0 aliphatic carbocycles. The maximum atomic E-state index is 12.8. The predicted octanol–water partition coefficient (Wildman–Crippen LogP) is 2.79. The van der Waals surface area contributed by atoms with E-state index in [-0.39, 0.29) is 16.1 Å². The largest absolute Gasteiger partial charge is 0.449 e. The number of ether oxygens (including phenoxy) is 1. The summed E-state index contributed by atoms with van der Waals surface area (Å²) in [4.78, 5) is 24.4. The number of esters is 1. The minimum Gasteiger partial charge on any atom is -0.449 e. The van der Waals surface area contributed by atoms with Gasteiger partial charge in [-0.1, -0.05) is 24.3 Å². The highest BCUT2D eigenvalue weighted by Crippen LogP contribution is 2.24. The molecule has 0 aliphatic heterocycles. The third-order valence-corrected chi connectivity index (χ3v) is 5.54. The van der Waals surface area contributed by atoms with E-state index in [0.29, 0.717) is 12.1 Å². The van der Waals surface area contributed by atoms with E-state index in [1.807, 2.05) is 6.07 Å². The number of para-hydroxylation sites is 1. The Labute approximate surface area is 165 Å². The standard InChI is InChI=1S/C20H24N2O5S/c1-5-21-19(23)15(4)27-20(24)16-8-6-7-9-17(16)22-28(25,26)18-12-13(2)10-11-14(18)3/h6-12,15,22H,5H2,1-4H3,(H,21,23)/t15-/m0/s1. The van der Waals surface area contributed by atoms with Gasteiger partial charge in [0.05, 0.1) is 16.1 Å². The lowest BCUT2D eigenvalue weighted by molar-refractivity contribution is -0.128. The molecular formula is C20H24N2O5S. The van der Waals surface area contributed by atoms with E-state index in [0.717, 1.165) is 5.56 Å². The van der Waals surface area contributed by atoms with Gasteiger partial charge in [0.1, 0.15) is 0 Å². The van der Waals surface area contributed by atoms with Crippen LogP contribution in [-0.2, 0) is 19.6 Å². The molecule has 2 rings (SSSR count). The van der Waals surface area contributed by atoms with Crippen LogP contribution in [0.3, 0.4) is 0 Å². The predicted molar refractivity (Wildman–Crippen MR) is 107 cm³/mol. The first-order valence-electron chi connectivity index (χ1n) is 8.83. The van der Waals surface area contributed by atoms with Crippen molar-refractivity contribution in [3.05, 3.63) is 59.2 Å². The summed E-state index contributed by atoms with van der Waals surface area (Å²) in [5.74, 6) is -1.22. The maximum Gasteiger partial charge on any atom is 0.341 e. The van der Waals surface area contributed by atoms with Gasteiger partial charge in [0.2, 0.25) is 0 Å². The van der Waals surface area contributed by atoms with Crippen molar-refractivity contribution in [1.82, 2.24) is 5.32 Å². The van der Waals surface area contributed by atoms with Crippen LogP contribution in [0.15, 0.2) is 47.4 Å². The SMILES string of the molecule is CCNC(=O)[C@H](C)OC(=O)c1ccccc1NS(=O)(=O)c1cc(C)ccc1C. The van der Waals surface area contributed by atoms with Gasteiger partial charge in [0, 0.05) is 6.54 Å². The van der Waals surface area contributed by atoms with E-state index in [9.17, 15) is 18.0 Å². The number of benzene rings is 2. The number of hydrogen-bond acceptors (Lipinski definition) is 5. The van der Waals surface area contributed by atoms with Crippen LogP contribution in [0, 0.1) is 13.8 Å². The molecule has 2 aromatic carbocycles. The highest BCUT2D eigenvalue weighted by atomic mass is 32.2. The molecule has 0 fully saturated rings. The molecule has 1 amide bonds. The van der Waals surface area contributed by atoms with Crippen molar-refractivity contribution in [2.45, 2.75) is 38.7 Å². The molecule has 2 N–H and O–H groups in total. The molecule has 0 bridgehead atoms. The number of carbonyl (C=O) groups excluding carboxylic acids is 2. The molecule has 0 unspecified atom stereocenters. The van der Waals surface area contributed by atoms with Crippen molar-refractivity contribution in [1.29, 1.82) is 0 Å². The molecule has 1 atom stereocenters. The fourth-order valence-electron chi connectivity index (χ4n) is 2.54. The first-order chi connectivity index (χ1) is 13.2. The van der Waals surface area contributed by atoms with Crippen LogP contribution in [-0.4, -0.2) is 32.9 Å². The van der Waals surface area contributed by atoms with Gasteiger partial charge < -0.3 is 10.1 Å². The second-order valence-corrected chi connectivity index (χ2v) is 8.01. The molecule has 0 radical (unpaired) electrons. The minimum absolute atomic E-state index is 0.0209. The Morgan fingerprint density at radius 1 is 1.11 bits per heavy atom. The zero-order valence-electron chi connectivity index (χ0n) is 16.3. The van der Waals surface area contributed by atoms with E-state index < -0.39 is 28.0 Å². The highest BCUT2D eigenvalue weighted by molar-refractivity contribution is 7.92. The molecule has 0 heterocycles. The van der Waals surface area contributed by atoms with E-state index in [2.05, 4.69) is 10.0 Å². The van der Waals surface area contributed by atoms with Crippen molar-refractivity contribution in [3.8, 4) is 0 Å². The Hall–Kier alpha value is -2.87. The van der Waals surface area contributed by atoms with Gasteiger partial charge in [0.15, 0.2) is 6.10 Å². The fraction of sp³-hybridized carbons (Fsp3) is 0.300. The van der Waals surface area contributed by atoms with Crippen LogP contribution < -0.4 is 10.0 Å². The smallest absolute Gasteiger partial charge is 0.341 e. The van der Waals surface area contributed by atoms with Gasteiger partial charge in [-0.05, 0) is 57.0 Å². The molecule has 7 nitrogen and oxygen atoms in total. The Balaban J connectivity index is 2.30. The number of anilines is 1. The molecular weight excluding hydrogens is 380 g/mol. The first-order valence-corrected chi connectivity index (χ1v) is 10.3. The van der Waals surface area contributed by atoms with E-state index in [1.54, 1.807) is 45.0 Å². The summed E-state index contributed by atoms with van der Waals surface area (Å²) >= 11 is 0. The average molecular weight is 404 g/mol. The summed E-state index contributed by atoms with van der Waals surface area (Å²) in [6.07, 6.45) is -1.00. The minimum atomic E-state index is -3.91. The summed E-state index contributed by atoms with van der Waals surface area (Å²) in [6, 6.07) is 11.2. The number of sulfonamides is 1. The van der Waals surface area contributed by atoms with Crippen molar-refractivity contribution < 1.29 is 22.7 Å². The van der Waals surface area contributed by atoms with Crippen molar-refractivity contribution in [2.75, 3.05) is 11.3 Å². The number of aryl methyl sites for hydroxylation is 2. The Bertz CT molecular complexity index is 986. The van der Waals surface area contributed by atoms with Gasteiger partial charge in [0.25, 0.3) is 15.9 Å². The lowest BCUT2D eigenvalue weighted by Gasteiger charge is -2.16. The van der Waals surface area contributed by atoms with Gasteiger partial charge in [-0.25, -0.2) is 13.2 Å². The Morgan fingerprint density at radius 3 is 2.46 bits per heavy atom. The van der Waals surface area contributed by atoms with Crippen LogP contribution in [0.25, 0.3) is 0 Å². The van der Waals surface area contributed by atoms with Crippen LogP contribution >= 0.6 is 0 Å². The maximum absolute atomic E-state index is 12.8. The van der Waals surface area contributed by atoms with Gasteiger partial charge >= 0.3 is 5.97 Å². The van der Waals surface area contributed by atoms with E-state index in [1.165, 1.54) is 19.1 Å². The second kappa shape index (κ2) is 8.88. The molecule has 2 aromatic rings. The van der Waals surface area contributed by atoms with Crippen LogP contribution in [0.4, 0.5) is 5.69 Å². The van der Waals surface area contributed by atoms with E-state index >= 15 is 0 Å². The number of nitrogens with one attached hydrogen (secondary N) is 2. The van der Waals surface area contributed by atoms with Crippen molar-refractivity contribution >= 4 is 27.6 Å². The summed E-state index contributed by atoms with van der Waals surface area (Å²) in [5.41, 5.74) is 1.49. The lowest BCUT2D eigenvalue weighted by atomic mass is 10.2. The van der Waals surface area contributed by atoms with Gasteiger partial charge in [-0.3, -0.25) is 9.52 Å². The van der Waals surface area contributed by atoms with Crippen LogP contribution in [0.5, 0.6) is 0 Å². The molecule has 0 aliphatic rings. The molecule has 0 saturated heterocycles. The van der Waals surface area contributed by atoms with Crippen LogP contribution in [0.2, 0.25) is 0 Å². The number of rotatable bonds is 7. The molecule has 8 heteroatoms. The lowest BCUT2D eigenvalue weighted by Crippen LogP contribution is -2.35. The number of amides is 1. The van der Waals surface area contributed by atoms with Crippen molar-refractivity contribution in [3.63, 3.8) is 0 Å². The average Bonchev–Trinajstić information content (AvgIpc) is 2.63. The first kappa shape index (κ1) is 21.4. The summed E-state index contributed by atoms with van der Waals surface area (Å²) in [6.45, 7) is 7.11. The fourth-order valence-corrected chi connectivity index (χ4v) is 3.95. The molecule has 28 heavy (non-hydrogen) atoms. The van der Waals surface area contributed by atoms with Gasteiger partial charge in [-0.2, -0.15) is 0 Å². The summed E-state index contributed by atoms with van der Waals surface area (Å²) < 4.78 is 33.3. The normalized spacial score (nSPS) is 12.1. The number of likely N-dealkylation sites (N-methyl/N-ethyl adjacent to an activating group) is 1. The molecule has 0 aromatic heterocycles.